The maximum absolute atomic E-state index is 12.2. The van der Waals surface area contributed by atoms with Gasteiger partial charge < -0.3 is 5.32 Å². The number of non-ortho nitro benzene ring substituents is 1. The van der Waals surface area contributed by atoms with Gasteiger partial charge >= 0.3 is 0 Å². The summed E-state index contributed by atoms with van der Waals surface area (Å²) >= 11 is 1.80. The fraction of sp³-hybridized carbons (Fsp3) is 0.167. The van der Waals surface area contributed by atoms with Crippen LogP contribution in [0.2, 0.25) is 0 Å². The van der Waals surface area contributed by atoms with E-state index in [0.717, 1.165) is 17.7 Å². The van der Waals surface area contributed by atoms with Crippen molar-refractivity contribution in [1.82, 2.24) is 5.32 Å². The van der Waals surface area contributed by atoms with E-state index in [0.29, 0.717) is 5.56 Å². The molecule has 5 nitrogen and oxygen atoms in total. The quantitative estimate of drug-likeness (QED) is 0.519. The number of rotatable bonds is 4. The van der Waals surface area contributed by atoms with Gasteiger partial charge in [0.25, 0.3) is 5.69 Å². The van der Waals surface area contributed by atoms with Crippen LogP contribution in [-0.2, 0) is 4.79 Å². The van der Waals surface area contributed by atoms with Gasteiger partial charge in [-0.25, -0.2) is 0 Å². The first-order valence-corrected chi connectivity index (χ1v) is 8.57. The zero-order valence-corrected chi connectivity index (χ0v) is 13.7. The minimum Gasteiger partial charge on any atom is -0.346 e. The molecule has 24 heavy (non-hydrogen) atoms. The van der Waals surface area contributed by atoms with Crippen LogP contribution in [-0.4, -0.2) is 16.6 Å². The molecule has 0 fully saturated rings. The Kier molecular flexibility index (Phi) is 4.96. The van der Waals surface area contributed by atoms with Gasteiger partial charge in [0.05, 0.1) is 11.0 Å². The SMILES string of the molecule is O=C(/C=C/c1cccc([N+](=O)[O-])c1)NC1CCSc2ccccc21. The zero-order chi connectivity index (χ0) is 16.9. The van der Waals surface area contributed by atoms with Gasteiger partial charge in [-0.2, -0.15) is 0 Å². The van der Waals surface area contributed by atoms with E-state index in [9.17, 15) is 14.9 Å². The van der Waals surface area contributed by atoms with E-state index in [-0.39, 0.29) is 17.6 Å². The van der Waals surface area contributed by atoms with E-state index < -0.39 is 4.92 Å². The number of nitro benzene ring substituents is 1. The molecular formula is C18H16N2O3S. The number of hydrogen-bond donors (Lipinski definition) is 1. The summed E-state index contributed by atoms with van der Waals surface area (Å²) < 4.78 is 0. The Morgan fingerprint density at radius 3 is 2.92 bits per heavy atom. The third-order valence-corrected chi connectivity index (χ3v) is 4.91. The van der Waals surface area contributed by atoms with Crippen LogP contribution in [0.25, 0.3) is 6.08 Å². The zero-order valence-electron chi connectivity index (χ0n) is 12.8. The van der Waals surface area contributed by atoms with E-state index in [4.69, 9.17) is 0 Å². The van der Waals surface area contributed by atoms with Crippen molar-refractivity contribution in [2.75, 3.05) is 5.75 Å². The summed E-state index contributed by atoms with van der Waals surface area (Å²) in [5, 5.41) is 13.8. The van der Waals surface area contributed by atoms with Gasteiger partial charge in [0.15, 0.2) is 0 Å². The molecule has 0 bridgehead atoms. The largest absolute Gasteiger partial charge is 0.346 e. The minimum absolute atomic E-state index is 0.00436. The number of amides is 1. The van der Waals surface area contributed by atoms with Crippen molar-refractivity contribution in [3.8, 4) is 0 Å². The van der Waals surface area contributed by atoms with E-state index >= 15 is 0 Å². The highest BCUT2D eigenvalue weighted by Gasteiger charge is 2.20. The highest BCUT2D eigenvalue weighted by Crippen LogP contribution is 2.35. The van der Waals surface area contributed by atoms with Crippen LogP contribution in [0.3, 0.4) is 0 Å². The summed E-state index contributed by atoms with van der Waals surface area (Å²) in [7, 11) is 0. The molecule has 2 aromatic rings. The number of fused-ring (bicyclic) bond motifs is 1. The molecule has 0 spiro atoms. The molecule has 6 heteroatoms. The van der Waals surface area contributed by atoms with Crippen molar-refractivity contribution < 1.29 is 9.72 Å². The van der Waals surface area contributed by atoms with Gasteiger partial charge in [0.1, 0.15) is 0 Å². The molecule has 0 aliphatic carbocycles. The molecular weight excluding hydrogens is 324 g/mol. The first-order valence-electron chi connectivity index (χ1n) is 7.58. The van der Waals surface area contributed by atoms with Crippen LogP contribution in [0.15, 0.2) is 59.5 Å². The Balaban J connectivity index is 1.68. The molecule has 1 atom stereocenters. The van der Waals surface area contributed by atoms with Crippen LogP contribution in [0.4, 0.5) is 5.69 Å². The van der Waals surface area contributed by atoms with Gasteiger partial charge in [-0.1, -0.05) is 30.3 Å². The number of hydrogen-bond acceptors (Lipinski definition) is 4. The number of carbonyl (C=O) groups excluding carboxylic acids is 1. The molecule has 0 saturated heterocycles. The lowest BCUT2D eigenvalue weighted by molar-refractivity contribution is -0.384. The molecule has 1 amide bonds. The molecule has 2 aromatic carbocycles. The van der Waals surface area contributed by atoms with Gasteiger partial charge in [-0.15, -0.1) is 11.8 Å². The normalized spacial score (nSPS) is 16.6. The average Bonchev–Trinajstić information content (AvgIpc) is 2.60. The standard InChI is InChI=1S/C18H16N2O3S/c21-18(9-8-13-4-3-5-14(12-13)20(22)23)19-16-10-11-24-17-7-2-1-6-15(16)17/h1-9,12,16H,10-11H2,(H,19,21)/b9-8+. The van der Waals surface area contributed by atoms with E-state index in [1.165, 1.54) is 23.1 Å². The molecule has 0 aromatic heterocycles. The summed E-state index contributed by atoms with van der Waals surface area (Å²) in [4.78, 5) is 23.7. The topological polar surface area (TPSA) is 72.2 Å². The van der Waals surface area contributed by atoms with Crippen molar-refractivity contribution in [2.24, 2.45) is 0 Å². The number of nitrogens with one attached hydrogen (secondary N) is 1. The van der Waals surface area contributed by atoms with Crippen molar-refractivity contribution in [2.45, 2.75) is 17.4 Å². The second kappa shape index (κ2) is 7.31. The Bertz CT molecular complexity index is 804. The van der Waals surface area contributed by atoms with Gasteiger partial charge in [0.2, 0.25) is 5.91 Å². The smallest absolute Gasteiger partial charge is 0.270 e. The van der Waals surface area contributed by atoms with Crippen LogP contribution in [0, 0.1) is 10.1 Å². The van der Waals surface area contributed by atoms with Crippen LogP contribution < -0.4 is 5.32 Å². The predicted molar refractivity (Wildman–Crippen MR) is 94.8 cm³/mol. The fourth-order valence-electron chi connectivity index (χ4n) is 2.63. The third-order valence-electron chi connectivity index (χ3n) is 3.78. The van der Waals surface area contributed by atoms with Crippen LogP contribution >= 0.6 is 11.8 Å². The maximum atomic E-state index is 12.2. The molecule has 1 N–H and O–H groups in total. The first-order chi connectivity index (χ1) is 11.6. The molecule has 3 rings (SSSR count). The van der Waals surface area contributed by atoms with Gasteiger partial charge in [0, 0.05) is 28.9 Å². The van der Waals surface area contributed by atoms with Crippen molar-refractivity contribution >= 4 is 29.4 Å². The average molecular weight is 340 g/mol. The number of nitro groups is 1. The number of nitrogens with zero attached hydrogens (tertiary/aromatic N) is 1. The summed E-state index contributed by atoms with van der Waals surface area (Å²) in [6.07, 6.45) is 3.90. The maximum Gasteiger partial charge on any atom is 0.270 e. The third kappa shape index (κ3) is 3.83. The molecule has 0 saturated carbocycles. The van der Waals surface area contributed by atoms with Crippen molar-refractivity contribution in [3.63, 3.8) is 0 Å². The second-order valence-electron chi connectivity index (χ2n) is 5.42. The highest BCUT2D eigenvalue weighted by atomic mass is 32.2. The molecule has 1 aliphatic heterocycles. The molecule has 1 unspecified atom stereocenters. The fourth-order valence-corrected chi connectivity index (χ4v) is 3.75. The minimum atomic E-state index is -0.450. The van der Waals surface area contributed by atoms with Crippen LogP contribution in [0.5, 0.6) is 0 Å². The first kappa shape index (κ1) is 16.3. The summed E-state index contributed by atoms with van der Waals surface area (Å²) in [6, 6.07) is 14.3. The van der Waals surface area contributed by atoms with Crippen molar-refractivity contribution in [3.05, 3.63) is 75.8 Å². The Morgan fingerprint density at radius 1 is 1.25 bits per heavy atom. The summed E-state index contributed by atoms with van der Waals surface area (Å²) in [5.41, 5.74) is 1.78. The number of benzene rings is 2. The van der Waals surface area contributed by atoms with E-state index in [1.54, 1.807) is 30.0 Å². The van der Waals surface area contributed by atoms with Gasteiger partial charge in [-0.05, 0) is 29.7 Å². The summed E-state index contributed by atoms with van der Waals surface area (Å²) in [5.74, 6) is 0.768. The van der Waals surface area contributed by atoms with Gasteiger partial charge in [-0.3, -0.25) is 14.9 Å². The molecule has 122 valence electrons. The molecule has 1 aliphatic rings. The second-order valence-corrected chi connectivity index (χ2v) is 6.56. The predicted octanol–water partition coefficient (Wildman–Crippen LogP) is 3.96. The highest BCUT2D eigenvalue weighted by molar-refractivity contribution is 7.99. The lowest BCUT2D eigenvalue weighted by Gasteiger charge is -2.25. The van der Waals surface area contributed by atoms with Crippen LogP contribution in [0.1, 0.15) is 23.6 Å². The Labute approximate surface area is 143 Å². The number of carbonyl (C=O) groups is 1. The monoisotopic (exact) mass is 340 g/mol. The Hall–Kier alpha value is -2.60. The summed E-state index contributed by atoms with van der Waals surface area (Å²) in [6.45, 7) is 0. The van der Waals surface area contributed by atoms with Crippen molar-refractivity contribution in [1.29, 1.82) is 0 Å². The Morgan fingerprint density at radius 2 is 2.08 bits per heavy atom. The lowest BCUT2D eigenvalue weighted by atomic mass is 10.0. The number of thioether (sulfide) groups is 1. The molecule has 1 heterocycles. The van der Waals surface area contributed by atoms with E-state index in [1.807, 2.05) is 18.2 Å². The molecule has 0 radical (unpaired) electrons. The lowest BCUT2D eigenvalue weighted by Crippen LogP contribution is -2.29. The van der Waals surface area contributed by atoms with E-state index in [2.05, 4.69) is 11.4 Å².